The van der Waals surface area contributed by atoms with Crippen LogP contribution < -0.4 is 5.32 Å². The molecule has 5 nitrogen and oxygen atoms in total. The normalized spacial score (nSPS) is 18.0. The minimum atomic E-state index is -0.0895. The third-order valence-electron chi connectivity index (χ3n) is 3.57. The number of aryl methyl sites for hydroxylation is 1. The second kappa shape index (κ2) is 8.98. The maximum atomic E-state index is 12.0. The number of carbonyl (C=O) groups excluding carboxylic acids is 1. The lowest BCUT2D eigenvalue weighted by Gasteiger charge is -2.27. The van der Waals surface area contributed by atoms with Crippen molar-refractivity contribution in [3.63, 3.8) is 0 Å². The number of likely N-dealkylation sites (N-methyl/N-ethyl adjacent to an activating group) is 1. The number of hydrogen-bond acceptors (Lipinski definition) is 3. The molecule has 1 aliphatic heterocycles. The number of halogens is 1. The highest BCUT2D eigenvalue weighted by molar-refractivity contribution is 6.31. The zero-order valence-corrected chi connectivity index (χ0v) is 13.6. The Balaban J connectivity index is 1.63. The van der Waals surface area contributed by atoms with Crippen LogP contribution in [-0.2, 0) is 15.9 Å². The highest BCUT2D eigenvalue weighted by Crippen LogP contribution is 2.16. The molecule has 1 N–H and O–H groups in total. The Hall–Kier alpha value is -1.30. The second-order valence-corrected chi connectivity index (χ2v) is 5.78. The van der Waals surface area contributed by atoms with E-state index in [2.05, 4.69) is 5.32 Å². The SMILES string of the molecule is CN(CC1COCCO1)C(=O)NCCCc1ccccc1Cl. The van der Waals surface area contributed by atoms with Gasteiger partial charge in [0.25, 0.3) is 0 Å². The number of hydrogen-bond donors (Lipinski definition) is 1. The first-order valence-electron chi connectivity index (χ1n) is 7.58. The molecule has 22 heavy (non-hydrogen) atoms. The molecule has 0 saturated carbocycles. The number of nitrogens with one attached hydrogen (secondary N) is 1. The van der Waals surface area contributed by atoms with Gasteiger partial charge in [0.2, 0.25) is 0 Å². The predicted molar refractivity (Wildman–Crippen MR) is 86.4 cm³/mol. The Morgan fingerprint density at radius 3 is 2.95 bits per heavy atom. The summed E-state index contributed by atoms with van der Waals surface area (Å²) in [5, 5.41) is 3.69. The number of nitrogens with zero attached hydrogens (tertiary/aromatic N) is 1. The smallest absolute Gasteiger partial charge is 0.317 e. The van der Waals surface area contributed by atoms with Gasteiger partial charge in [0.15, 0.2) is 0 Å². The van der Waals surface area contributed by atoms with Gasteiger partial charge in [-0.05, 0) is 24.5 Å². The molecule has 0 radical (unpaired) electrons. The molecule has 1 atom stereocenters. The molecule has 1 saturated heterocycles. The summed E-state index contributed by atoms with van der Waals surface area (Å²) in [6, 6.07) is 7.69. The average molecular weight is 327 g/mol. The van der Waals surface area contributed by atoms with Crippen molar-refractivity contribution in [2.75, 3.05) is 40.0 Å². The van der Waals surface area contributed by atoms with Crippen molar-refractivity contribution in [1.29, 1.82) is 0 Å². The van der Waals surface area contributed by atoms with E-state index in [-0.39, 0.29) is 12.1 Å². The van der Waals surface area contributed by atoms with E-state index in [9.17, 15) is 4.79 Å². The van der Waals surface area contributed by atoms with Crippen molar-refractivity contribution < 1.29 is 14.3 Å². The highest BCUT2D eigenvalue weighted by atomic mass is 35.5. The van der Waals surface area contributed by atoms with Crippen molar-refractivity contribution in [2.45, 2.75) is 18.9 Å². The summed E-state index contributed by atoms with van der Waals surface area (Å²) in [7, 11) is 1.77. The van der Waals surface area contributed by atoms with E-state index in [0.717, 1.165) is 23.4 Å². The van der Waals surface area contributed by atoms with Gasteiger partial charge >= 0.3 is 6.03 Å². The van der Waals surface area contributed by atoms with Gasteiger partial charge in [-0.3, -0.25) is 0 Å². The van der Waals surface area contributed by atoms with Crippen LogP contribution in [0.5, 0.6) is 0 Å². The minimum absolute atomic E-state index is 0.0346. The highest BCUT2D eigenvalue weighted by Gasteiger charge is 2.18. The summed E-state index contributed by atoms with van der Waals surface area (Å²) >= 11 is 6.10. The molecule has 6 heteroatoms. The summed E-state index contributed by atoms with van der Waals surface area (Å²) in [6.45, 7) is 2.93. The van der Waals surface area contributed by atoms with Gasteiger partial charge in [-0.25, -0.2) is 4.79 Å². The minimum Gasteiger partial charge on any atom is -0.376 e. The van der Waals surface area contributed by atoms with Crippen LogP contribution in [0.3, 0.4) is 0 Å². The van der Waals surface area contributed by atoms with Crippen LogP contribution in [0.1, 0.15) is 12.0 Å². The van der Waals surface area contributed by atoms with Crippen molar-refractivity contribution in [1.82, 2.24) is 10.2 Å². The quantitative estimate of drug-likeness (QED) is 0.816. The van der Waals surface area contributed by atoms with Crippen molar-refractivity contribution in [3.8, 4) is 0 Å². The van der Waals surface area contributed by atoms with Gasteiger partial charge in [-0.15, -0.1) is 0 Å². The summed E-state index contributed by atoms with van der Waals surface area (Å²) in [5.41, 5.74) is 1.11. The number of benzene rings is 1. The standard InChI is InChI=1S/C16H23ClN2O3/c1-19(11-14-12-21-9-10-22-14)16(20)18-8-4-6-13-5-2-3-7-15(13)17/h2-3,5,7,14H,4,6,8-12H2,1H3,(H,18,20). The zero-order chi connectivity index (χ0) is 15.8. The molecule has 0 aliphatic carbocycles. The molecule has 0 bridgehead atoms. The third-order valence-corrected chi connectivity index (χ3v) is 3.93. The Morgan fingerprint density at radius 1 is 1.41 bits per heavy atom. The van der Waals surface area contributed by atoms with E-state index in [0.29, 0.717) is 32.9 Å². The van der Waals surface area contributed by atoms with Gasteiger partial charge in [0.1, 0.15) is 0 Å². The van der Waals surface area contributed by atoms with E-state index < -0.39 is 0 Å². The van der Waals surface area contributed by atoms with Gasteiger partial charge < -0.3 is 19.7 Å². The molecule has 122 valence electrons. The maximum Gasteiger partial charge on any atom is 0.317 e. The summed E-state index contributed by atoms with van der Waals surface area (Å²) in [4.78, 5) is 13.6. The van der Waals surface area contributed by atoms with Gasteiger partial charge in [0, 0.05) is 18.6 Å². The Labute approximate surface area is 136 Å². The van der Waals surface area contributed by atoms with E-state index >= 15 is 0 Å². The first-order chi connectivity index (χ1) is 10.7. The number of ether oxygens (including phenoxy) is 2. The number of carbonyl (C=O) groups is 1. The largest absolute Gasteiger partial charge is 0.376 e. The lowest BCUT2D eigenvalue weighted by Crippen LogP contribution is -2.45. The molecule has 1 aromatic carbocycles. The summed E-state index contributed by atoms with van der Waals surface area (Å²) in [5.74, 6) is 0. The first-order valence-corrected chi connectivity index (χ1v) is 7.96. The molecule has 2 amide bonds. The lowest BCUT2D eigenvalue weighted by atomic mass is 10.1. The van der Waals surface area contributed by atoms with E-state index in [4.69, 9.17) is 21.1 Å². The van der Waals surface area contributed by atoms with Gasteiger partial charge in [0.05, 0.1) is 32.5 Å². The maximum absolute atomic E-state index is 12.0. The average Bonchev–Trinajstić information content (AvgIpc) is 2.53. The van der Waals surface area contributed by atoms with Crippen molar-refractivity contribution in [2.24, 2.45) is 0 Å². The fourth-order valence-corrected chi connectivity index (χ4v) is 2.57. The van der Waals surface area contributed by atoms with Crippen LogP contribution in [0.25, 0.3) is 0 Å². The fraction of sp³-hybridized carbons (Fsp3) is 0.562. The second-order valence-electron chi connectivity index (χ2n) is 5.38. The first kappa shape index (κ1) is 17.1. The van der Waals surface area contributed by atoms with Crippen LogP contribution in [0.4, 0.5) is 4.79 Å². The molecule has 1 unspecified atom stereocenters. The van der Waals surface area contributed by atoms with Crippen molar-refractivity contribution in [3.05, 3.63) is 34.9 Å². The zero-order valence-electron chi connectivity index (χ0n) is 12.9. The molecule has 2 rings (SSSR count). The van der Waals surface area contributed by atoms with Crippen LogP contribution in [-0.4, -0.2) is 57.0 Å². The molecule has 1 aliphatic rings. The number of amides is 2. The molecule has 1 heterocycles. The van der Waals surface area contributed by atoms with Crippen LogP contribution in [0, 0.1) is 0 Å². The number of urea groups is 1. The molecule has 0 spiro atoms. The third kappa shape index (κ3) is 5.48. The molecular weight excluding hydrogens is 304 g/mol. The molecular formula is C16H23ClN2O3. The van der Waals surface area contributed by atoms with E-state index in [1.165, 1.54) is 0 Å². The number of rotatable bonds is 6. The van der Waals surface area contributed by atoms with Crippen LogP contribution in [0.15, 0.2) is 24.3 Å². The monoisotopic (exact) mass is 326 g/mol. The molecule has 1 aromatic rings. The topological polar surface area (TPSA) is 50.8 Å². The Kier molecular flexibility index (Phi) is 6.96. The Morgan fingerprint density at radius 2 is 2.23 bits per heavy atom. The molecule has 1 fully saturated rings. The Bertz CT molecular complexity index is 478. The van der Waals surface area contributed by atoms with Gasteiger partial charge in [-0.1, -0.05) is 29.8 Å². The van der Waals surface area contributed by atoms with E-state index in [1.54, 1.807) is 11.9 Å². The summed E-state index contributed by atoms with van der Waals surface area (Å²) in [6.07, 6.45) is 1.67. The molecule has 0 aromatic heterocycles. The predicted octanol–water partition coefficient (Wildman–Crippen LogP) is 2.33. The van der Waals surface area contributed by atoms with Crippen molar-refractivity contribution >= 4 is 17.6 Å². The van der Waals surface area contributed by atoms with Crippen LogP contribution in [0.2, 0.25) is 5.02 Å². The summed E-state index contributed by atoms with van der Waals surface area (Å²) < 4.78 is 10.9. The fourth-order valence-electron chi connectivity index (χ4n) is 2.34. The van der Waals surface area contributed by atoms with Crippen LogP contribution >= 0.6 is 11.6 Å². The lowest BCUT2D eigenvalue weighted by molar-refractivity contribution is -0.0928. The van der Waals surface area contributed by atoms with E-state index in [1.807, 2.05) is 24.3 Å². The van der Waals surface area contributed by atoms with Gasteiger partial charge in [-0.2, -0.15) is 0 Å².